The van der Waals surface area contributed by atoms with E-state index >= 15 is 0 Å². The van der Waals surface area contributed by atoms with Crippen molar-refractivity contribution in [3.8, 4) is 0 Å². The highest BCUT2D eigenvalue weighted by Gasteiger charge is 2.28. The summed E-state index contributed by atoms with van der Waals surface area (Å²) in [6.07, 6.45) is 4.49. The third kappa shape index (κ3) is 4.26. The zero-order chi connectivity index (χ0) is 20.4. The number of carbonyl (C=O) groups excluding carboxylic acids is 1. The lowest BCUT2D eigenvalue weighted by molar-refractivity contribution is -0.131. The van der Waals surface area contributed by atoms with Crippen LogP contribution in [-0.2, 0) is 17.8 Å². The molecule has 4 rings (SSSR count). The number of benzene rings is 1. The van der Waals surface area contributed by atoms with Crippen LogP contribution in [-0.4, -0.2) is 40.4 Å². The number of amides is 1. The Kier molecular flexibility index (Phi) is 5.79. The molecule has 1 aromatic heterocycles. The van der Waals surface area contributed by atoms with Gasteiger partial charge in [-0.3, -0.25) is 4.79 Å². The van der Waals surface area contributed by atoms with Crippen LogP contribution in [0, 0.1) is 12.7 Å². The molecule has 2 aromatic rings. The Labute approximate surface area is 172 Å². The number of aromatic nitrogens is 2. The summed E-state index contributed by atoms with van der Waals surface area (Å²) in [5.74, 6) is 2.28. The van der Waals surface area contributed by atoms with Crippen LogP contribution < -0.4 is 4.90 Å². The molecule has 1 amide bonds. The van der Waals surface area contributed by atoms with Crippen molar-refractivity contribution in [2.24, 2.45) is 0 Å². The minimum atomic E-state index is -0.207. The number of hydrogen-bond acceptors (Lipinski definition) is 4. The van der Waals surface area contributed by atoms with Gasteiger partial charge in [-0.25, -0.2) is 14.4 Å². The van der Waals surface area contributed by atoms with Gasteiger partial charge in [0.2, 0.25) is 5.91 Å². The van der Waals surface area contributed by atoms with Crippen molar-refractivity contribution in [2.75, 3.05) is 24.5 Å². The molecule has 6 heteroatoms. The summed E-state index contributed by atoms with van der Waals surface area (Å²) in [5.41, 5.74) is 3.39. The molecule has 1 aromatic carbocycles. The SMILES string of the molecule is CCC(=O)N1CCC(c2nc(C)c3c(n2)N(Cc2ccc(F)cc2)CCC3)CC1. The van der Waals surface area contributed by atoms with Gasteiger partial charge in [-0.15, -0.1) is 0 Å². The van der Waals surface area contributed by atoms with Crippen molar-refractivity contribution in [1.82, 2.24) is 14.9 Å². The van der Waals surface area contributed by atoms with Crippen LogP contribution in [0.2, 0.25) is 0 Å². The van der Waals surface area contributed by atoms with Crippen molar-refractivity contribution >= 4 is 11.7 Å². The first-order chi connectivity index (χ1) is 14.0. The van der Waals surface area contributed by atoms with Gasteiger partial charge < -0.3 is 9.80 Å². The van der Waals surface area contributed by atoms with E-state index in [1.165, 1.54) is 17.7 Å². The van der Waals surface area contributed by atoms with Gasteiger partial charge in [0.1, 0.15) is 17.5 Å². The molecule has 0 radical (unpaired) electrons. The zero-order valence-corrected chi connectivity index (χ0v) is 17.3. The molecule has 0 aliphatic carbocycles. The summed E-state index contributed by atoms with van der Waals surface area (Å²) >= 11 is 0. The summed E-state index contributed by atoms with van der Waals surface area (Å²) in [6.45, 7) is 7.25. The molecule has 0 spiro atoms. The molecule has 0 unspecified atom stereocenters. The van der Waals surface area contributed by atoms with Gasteiger partial charge in [0.05, 0.1) is 0 Å². The molecule has 1 saturated heterocycles. The van der Waals surface area contributed by atoms with Gasteiger partial charge >= 0.3 is 0 Å². The van der Waals surface area contributed by atoms with Crippen LogP contribution in [0.15, 0.2) is 24.3 Å². The summed E-state index contributed by atoms with van der Waals surface area (Å²) in [5, 5.41) is 0. The molecule has 0 atom stereocenters. The van der Waals surface area contributed by atoms with E-state index in [-0.39, 0.29) is 11.7 Å². The second-order valence-electron chi connectivity index (χ2n) is 8.13. The van der Waals surface area contributed by atoms with Crippen LogP contribution in [0.5, 0.6) is 0 Å². The topological polar surface area (TPSA) is 49.3 Å². The normalized spacial score (nSPS) is 17.3. The quantitative estimate of drug-likeness (QED) is 0.784. The molecule has 0 saturated carbocycles. The minimum Gasteiger partial charge on any atom is -0.352 e. The number of piperidine rings is 1. The summed E-state index contributed by atoms with van der Waals surface area (Å²) < 4.78 is 13.3. The number of halogens is 1. The number of anilines is 1. The number of likely N-dealkylation sites (tertiary alicyclic amines) is 1. The third-order valence-corrected chi connectivity index (χ3v) is 6.17. The average molecular weight is 397 g/mol. The number of nitrogens with zero attached hydrogens (tertiary/aromatic N) is 4. The van der Waals surface area contributed by atoms with E-state index in [4.69, 9.17) is 9.97 Å². The number of fused-ring (bicyclic) bond motifs is 1. The second-order valence-corrected chi connectivity index (χ2v) is 8.13. The van der Waals surface area contributed by atoms with E-state index in [0.717, 1.165) is 74.8 Å². The summed E-state index contributed by atoms with van der Waals surface area (Å²) in [7, 11) is 0. The molecular formula is C23H29FN4O. The van der Waals surface area contributed by atoms with Crippen molar-refractivity contribution in [3.63, 3.8) is 0 Å². The van der Waals surface area contributed by atoms with Crippen molar-refractivity contribution < 1.29 is 9.18 Å². The van der Waals surface area contributed by atoms with Crippen LogP contribution >= 0.6 is 0 Å². The lowest BCUT2D eigenvalue weighted by Crippen LogP contribution is -2.38. The van der Waals surface area contributed by atoms with Crippen LogP contribution in [0.1, 0.15) is 61.2 Å². The number of hydrogen-bond donors (Lipinski definition) is 0. The van der Waals surface area contributed by atoms with Crippen LogP contribution in [0.4, 0.5) is 10.2 Å². The van der Waals surface area contributed by atoms with Gasteiger partial charge in [0.25, 0.3) is 0 Å². The molecular weight excluding hydrogens is 367 g/mol. The largest absolute Gasteiger partial charge is 0.352 e. The van der Waals surface area contributed by atoms with Crippen LogP contribution in [0.3, 0.4) is 0 Å². The second kappa shape index (κ2) is 8.47. The molecule has 0 bridgehead atoms. The van der Waals surface area contributed by atoms with Gasteiger partial charge in [0.15, 0.2) is 0 Å². The molecule has 0 N–H and O–H groups in total. The highest BCUT2D eigenvalue weighted by atomic mass is 19.1. The summed E-state index contributed by atoms with van der Waals surface area (Å²) in [4.78, 5) is 26.1. The molecule has 2 aliphatic rings. The monoisotopic (exact) mass is 396 g/mol. The predicted octanol–water partition coefficient (Wildman–Crippen LogP) is 3.99. The Bertz CT molecular complexity index is 875. The Morgan fingerprint density at radius 3 is 2.55 bits per heavy atom. The predicted molar refractivity (Wildman–Crippen MR) is 111 cm³/mol. The number of aryl methyl sites for hydroxylation is 1. The van der Waals surface area contributed by atoms with Gasteiger partial charge in [-0.05, 0) is 50.3 Å². The average Bonchev–Trinajstić information content (AvgIpc) is 2.75. The Balaban J connectivity index is 1.55. The van der Waals surface area contributed by atoms with Gasteiger partial charge in [0, 0.05) is 49.8 Å². The fourth-order valence-corrected chi connectivity index (χ4v) is 4.47. The van der Waals surface area contributed by atoms with E-state index in [1.54, 1.807) is 0 Å². The maximum Gasteiger partial charge on any atom is 0.222 e. The van der Waals surface area contributed by atoms with E-state index in [1.807, 2.05) is 24.0 Å². The lowest BCUT2D eigenvalue weighted by atomic mass is 9.94. The van der Waals surface area contributed by atoms with Crippen LogP contribution in [0.25, 0.3) is 0 Å². The minimum absolute atomic E-state index is 0.207. The molecule has 5 nitrogen and oxygen atoms in total. The van der Waals surface area contributed by atoms with E-state index in [2.05, 4.69) is 11.8 Å². The highest BCUT2D eigenvalue weighted by molar-refractivity contribution is 5.75. The van der Waals surface area contributed by atoms with E-state index < -0.39 is 0 Å². The van der Waals surface area contributed by atoms with Crippen molar-refractivity contribution in [1.29, 1.82) is 0 Å². The zero-order valence-electron chi connectivity index (χ0n) is 17.3. The standard InChI is InChI=1S/C23H29FN4O/c1-3-21(29)27-13-10-18(11-14-27)22-25-16(2)20-5-4-12-28(23(20)26-22)15-17-6-8-19(24)9-7-17/h6-9,18H,3-5,10-15H2,1-2H3. The van der Waals surface area contributed by atoms with Crippen molar-refractivity contribution in [3.05, 3.63) is 52.7 Å². The Morgan fingerprint density at radius 1 is 1.14 bits per heavy atom. The number of carbonyl (C=O) groups is 1. The van der Waals surface area contributed by atoms with E-state index in [0.29, 0.717) is 12.3 Å². The Hall–Kier alpha value is -2.50. The molecule has 2 aliphatic heterocycles. The molecule has 154 valence electrons. The van der Waals surface area contributed by atoms with Gasteiger partial charge in [-0.2, -0.15) is 0 Å². The number of rotatable bonds is 4. The smallest absolute Gasteiger partial charge is 0.222 e. The van der Waals surface area contributed by atoms with E-state index in [9.17, 15) is 9.18 Å². The fourth-order valence-electron chi connectivity index (χ4n) is 4.47. The lowest BCUT2D eigenvalue weighted by Gasteiger charge is -2.34. The third-order valence-electron chi connectivity index (χ3n) is 6.17. The first-order valence-electron chi connectivity index (χ1n) is 10.7. The highest BCUT2D eigenvalue weighted by Crippen LogP contribution is 2.33. The molecule has 1 fully saturated rings. The first kappa shape index (κ1) is 19.8. The first-order valence-corrected chi connectivity index (χ1v) is 10.7. The molecule has 3 heterocycles. The fraction of sp³-hybridized carbons (Fsp3) is 0.522. The maximum absolute atomic E-state index is 13.3. The maximum atomic E-state index is 13.3. The molecule has 29 heavy (non-hydrogen) atoms. The Morgan fingerprint density at radius 2 is 1.86 bits per heavy atom. The van der Waals surface area contributed by atoms with Crippen molar-refractivity contribution in [2.45, 2.75) is 58.4 Å². The van der Waals surface area contributed by atoms with Gasteiger partial charge in [-0.1, -0.05) is 19.1 Å². The summed E-state index contributed by atoms with van der Waals surface area (Å²) in [6, 6.07) is 6.72.